The molecule has 4 rings (SSSR count). The largest absolute Gasteiger partial charge is 0.496 e. The molecule has 1 aliphatic rings. The lowest BCUT2D eigenvalue weighted by Gasteiger charge is -2.35. The molecule has 0 atom stereocenters. The number of fused-ring (bicyclic) bond motifs is 1. The first-order valence-electron chi connectivity index (χ1n) is 12.2. The summed E-state index contributed by atoms with van der Waals surface area (Å²) in [7, 11) is 5.07. The summed E-state index contributed by atoms with van der Waals surface area (Å²) in [5.41, 5.74) is 2.70. The Morgan fingerprint density at radius 2 is 1.69 bits per heavy atom. The third kappa shape index (κ3) is 5.52. The number of hydrogen-bond acceptors (Lipinski definition) is 7. The Labute approximate surface area is 211 Å². The normalized spacial score (nSPS) is 14.8. The van der Waals surface area contributed by atoms with Crippen molar-refractivity contribution in [3.05, 3.63) is 52.7 Å². The summed E-state index contributed by atoms with van der Waals surface area (Å²) < 4.78 is 13.2. The van der Waals surface area contributed by atoms with Crippen molar-refractivity contribution >= 4 is 16.7 Å². The third-order valence-corrected chi connectivity index (χ3v) is 6.57. The number of nitrogens with one attached hydrogen (secondary N) is 1. The number of rotatable bonds is 8. The monoisotopic (exact) mass is 493 g/mol. The maximum atomic E-state index is 12.6. The number of pyridine rings is 2. The van der Waals surface area contributed by atoms with E-state index in [0.717, 1.165) is 59.8 Å². The fraction of sp³-hybridized carbons (Fsp3) is 0.444. The topological polar surface area (TPSA) is 88.9 Å². The van der Waals surface area contributed by atoms with E-state index in [-0.39, 0.29) is 17.5 Å². The highest BCUT2D eigenvalue weighted by molar-refractivity contribution is 5.95. The lowest BCUT2D eigenvalue weighted by molar-refractivity contribution is -0.123. The summed E-state index contributed by atoms with van der Waals surface area (Å²) in [5, 5.41) is 4.36. The van der Waals surface area contributed by atoms with Crippen molar-refractivity contribution in [2.75, 3.05) is 46.9 Å². The molecule has 2 aromatic heterocycles. The van der Waals surface area contributed by atoms with Crippen molar-refractivity contribution in [1.29, 1.82) is 0 Å². The van der Waals surface area contributed by atoms with Gasteiger partial charge in [-0.05, 0) is 43.0 Å². The van der Waals surface area contributed by atoms with E-state index in [0.29, 0.717) is 18.5 Å². The van der Waals surface area contributed by atoms with Gasteiger partial charge >= 0.3 is 0 Å². The molecule has 0 spiro atoms. The van der Waals surface area contributed by atoms with Gasteiger partial charge in [-0.3, -0.25) is 24.4 Å². The average Bonchev–Trinajstić information content (AvgIpc) is 2.87. The first kappa shape index (κ1) is 25.7. The Morgan fingerprint density at radius 3 is 2.31 bits per heavy atom. The second-order valence-electron chi connectivity index (χ2n) is 9.51. The lowest BCUT2D eigenvalue weighted by Crippen LogP contribution is -2.49. The summed E-state index contributed by atoms with van der Waals surface area (Å²) in [5.74, 6) is 1.54. The van der Waals surface area contributed by atoms with E-state index in [9.17, 15) is 9.59 Å². The standard InChI is InChI=1S/C27H35N5O4/c1-18(2)29-26(33)17-32-10-8-31(9-11-32)16-23-24(35-4)12-19(13-25(23)36-5)22-15-30(3)27(34)21-14-28-7-6-20(21)22/h6-7,12-15,18H,8-11,16-17H2,1-5H3,(H,29,33). The molecule has 1 aliphatic heterocycles. The minimum Gasteiger partial charge on any atom is -0.496 e. The van der Waals surface area contributed by atoms with Crippen molar-refractivity contribution in [2.24, 2.45) is 7.05 Å². The van der Waals surface area contributed by atoms with Crippen LogP contribution in [0.3, 0.4) is 0 Å². The number of hydrogen-bond donors (Lipinski definition) is 1. The zero-order valence-electron chi connectivity index (χ0n) is 21.7. The molecular formula is C27H35N5O4. The van der Waals surface area contributed by atoms with Crippen LogP contribution in [0.15, 0.2) is 41.6 Å². The van der Waals surface area contributed by atoms with Gasteiger partial charge in [0.2, 0.25) is 5.91 Å². The van der Waals surface area contributed by atoms with E-state index in [1.54, 1.807) is 38.2 Å². The molecule has 3 aromatic rings. The SMILES string of the molecule is COc1cc(-c2cn(C)c(=O)c3cnccc23)cc(OC)c1CN1CCN(CC(=O)NC(C)C)CC1. The van der Waals surface area contributed by atoms with Crippen LogP contribution in [0.4, 0.5) is 0 Å². The van der Waals surface area contributed by atoms with Crippen LogP contribution in [0.25, 0.3) is 21.9 Å². The second kappa shape index (κ2) is 11.1. The Balaban J connectivity index is 1.57. The number of carbonyl (C=O) groups is 1. The number of aryl methyl sites for hydroxylation is 1. The average molecular weight is 494 g/mol. The van der Waals surface area contributed by atoms with Crippen molar-refractivity contribution in [3.8, 4) is 22.6 Å². The predicted molar refractivity (Wildman–Crippen MR) is 141 cm³/mol. The van der Waals surface area contributed by atoms with E-state index in [1.807, 2.05) is 38.2 Å². The van der Waals surface area contributed by atoms with Crippen molar-refractivity contribution in [3.63, 3.8) is 0 Å². The van der Waals surface area contributed by atoms with Gasteiger partial charge in [-0.25, -0.2) is 0 Å². The Hall–Kier alpha value is -3.43. The summed E-state index contributed by atoms with van der Waals surface area (Å²) in [4.78, 5) is 33.4. The highest BCUT2D eigenvalue weighted by Crippen LogP contribution is 2.37. The maximum Gasteiger partial charge on any atom is 0.259 e. The van der Waals surface area contributed by atoms with Gasteiger partial charge in [0.15, 0.2) is 0 Å². The van der Waals surface area contributed by atoms with Crippen molar-refractivity contribution < 1.29 is 14.3 Å². The van der Waals surface area contributed by atoms with Gasteiger partial charge in [0.25, 0.3) is 5.56 Å². The molecule has 9 nitrogen and oxygen atoms in total. The van der Waals surface area contributed by atoms with Gasteiger partial charge in [0.1, 0.15) is 11.5 Å². The van der Waals surface area contributed by atoms with Crippen LogP contribution < -0.4 is 20.3 Å². The van der Waals surface area contributed by atoms with E-state index < -0.39 is 0 Å². The first-order valence-corrected chi connectivity index (χ1v) is 12.2. The number of piperazine rings is 1. The van der Waals surface area contributed by atoms with Crippen LogP contribution in [0.5, 0.6) is 11.5 Å². The van der Waals surface area contributed by atoms with Gasteiger partial charge in [0, 0.05) is 70.0 Å². The second-order valence-corrected chi connectivity index (χ2v) is 9.51. The minimum absolute atomic E-state index is 0.0686. The molecule has 0 bridgehead atoms. The highest BCUT2D eigenvalue weighted by atomic mass is 16.5. The molecule has 1 amide bonds. The molecule has 0 radical (unpaired) electrons. The zero-order chi connectivity index (χ0) is 25.8. The van der Waals surface area contributed by atoms with E-state index in [2.05, 4.69) is 20.1 Å². The van der Waals surface area contributed by atoms with Crippen LogP contribution >= 0.6 is 0 Å². The van der Waals surface area contributed by atoms with Crippen LogP contribution in [-0.2, 0) is 18.4 Å². The quantitative estimate of drug-likeness (QED) is 0.515. The molecule has 9 heteroatoms. The number of methoxy groups -OCH3 is 2. The van der Waals surface area contributed by atoms with Crippen LogP contribution in [0.1, 0.15) is 19.4 Å². The number of carbonyl (C=O) groups excluding carboxylic acids is 1. The number of ether oxygens (including phenoxy) is 2. The molecule has 1 N–H and O–H groups in total. The molecule has 0 aliphatic carbocycles. The number of benzene rings is 1. The van der Waals surface area contributed by atoms with Crippen LogP contribution in [0, 0.1) is 0 Å². The van der Waals surface area contributed by atoms with Crippen LogP contribution in [-0.4, -0.2) is 78.2 Å². The van der Waals surface area contributed by atoms with E-state index in [1.165, 1.54) is 0 Å². The fourth-order valence-corrected chi connectivity index (χ4v) is 4.74. The summed E-state index contributed by atoms with van der Waals surface area (Å²) in [6.45, 7) is 8.40. The lowest BCUT2D eigenvalue weighted by atomic mass is 9.99. The molecule has 192 valence electrons. The molecular weight excluding hydrogens is 458 g/mol. The van der Waals surface area contributed by atoms with E-state index in [4.69, 9.17) is 9.47 Å². The number of amides is 1. The summed E-state index contributed by atoms with van der Waals surface area (Å²) >= 11 is 0. The van der Waals surface area contributed by atoms with Gasteiger partial charge in [-0.15, -0.1) is 0 Å². The fourth-order valence-electron chi connectivity index (χ4n) is 4.74. The van der Waals surface area contributed by atoms with Crippen LogP contribution in [0.2, 0.25) is 0 Å². The first-order chi connectivity index (χ1) is 17.3. The minimum atomic E-state index is -0.0850. The number of aromatic nitrogens is 2. The molecule has 36 heavy (non-hydrogen) atoms. The Kier molecular flexibility index (Phi) is 7.91. The summed E-state index contributed by atoms with van der Waals surface area (Å²) in [6.07, 6.45) is 5.14. The van der Waals surface area contributed by atoms with Gasteiger partial charge < -0.3 is 19.4 Å². The van der Waals surface area contributed by atoms with Gasteiger partial charge in [0.05, 0.1) is 31.7 Å². The Morgan fingerprint density at radius 1 is 1.06 bits per heavy atom. The Bertz CT molecular complexity index is 1270. The van der Waals surface area contributed by atoms with E-state index >= 15 is 0 Å². The van der Waals surface area contributed by atoms with Crippen molar-refractivity contribution in [1.82, 2.24) is 24.7 Å². The molecule has 3 heterocycles. The molecule has 1 aromatic carbocycles. The molecule has 1 saturated heterocycles. The molecule has 0 unspecified atom stereocenters. The summed E-state index contributed by atoms with van der Waals surface area (Å²) in [6, 6.07) is 6.02. The highest BCUT2D eigenvalue weighted by Gasteiger charge is 2.23. The predicted octanol–water partition coefficient (Wildman–Crippen LogP) is 2.26. The van der Waals surface area contributed by atoms with Gasteiger partial charge in [-0.2, -0.15) is 0 Å². The van der Waals surface area contributed by atoms with Crippen molar-refractivity contribution in [2.45, 2.75) is 26.4 Å². The maximum absolute atomic E-state index is 12.6. The number of nitrogens with zero attached hydrogens (tertiary/aromatic N) is 4. The molecule has 1 fully saturated rings. The smallest absolute Gasteiger partial charge is 0.259 e. The zero-order valence-corrected chi connectivity index (χ0v) is 21.7. The third-order valence-electron chi connectivity index (χ3n) is 6.57. The molecule has 0 saturated carbocycles. The van der Waals surface area contributed by atoms with Gasteiger partial charge in [-0.1, -0.05) is 0 Å².